The van der Waals surface area contributed by atoms with Crippen LogP contribution in [0.4, 0.5) is 11.5 Å². The highest BCUT2D eigenvalue weighted by atomic mass is 32.1. The second-order valence-electron chi connectivity index (χ2n) is 10.3. The molecule has 6 rings (SSSR count). The van der Waals surface area contributed by atoms with E-state index in [-0.39, 0.29) is 17.4 Å². The largest absolute Gasteiger partial charge is 0.336 e. The van der Waals surface area contributed by atoms with Crippen molar-refractivity contribution in [2.24, 2.45) is 0 Å². The number of thiophene rings is 1. The lowest BCUT2D eigenvalue weighted by Crippen LogP contribution is -2.45. The third kappa shape index (κ3) is 3.52. The summed E-state index contributed by atoms with van der Waals surface area (Å²) in [6, 6.07) is 3.88. The first-order valence-electron chi connectivity index (χ1n) is 12.3. The number of nitrogens with zero attached hydrogens (tertiary/aromatic N) is 5. The number of nitrogens with one attached hydrogen (secondary N) is 2. The fraction of sp³-hybridized carbons (Fsp3) is 0.480. The van der Waals surface area contributed by atoms with Crippen LogP contribution in [-0.4, -0.2) is 69.4 Å². The number of likely N-dealkylation sites (tertiary alicyclic amines) is 1. The summed E-state index contributed by atoms with van der Waals surface area (Å²) in [6.07, 6.45) is 5.81. The van der Waals surface area contributed by atoms with Crippen LogP contribution in [0.5, 0.6) is 0 Å². The first-order valence-corrected chi connectivity index (χ1v) is 13.2. The standard InChI is InChI=1S/C25H29N7O3S/c1-14-10-17(23(34)32-19(14)21(33)29-25(32)7-4-5-8-25)28-20-16-11-18(36-22(16)27-13-26-20)24(35)31-9-6-15(12-31)30(2)3/h10-11,13,15H,4-9,12H2,1-3H3,(H,29,33)(H,26,27,28)/t15-/m1/s1. The van der Waals surface area contributed by atoms with Gasteiger partial charge in [0.25, 0.3) is 17.4 Å². The number of carbonyl (C=O) groups excluding carboxylic acids is 2. The highest BCUT2D eigenvalue weighted by Crippen LogP contribution is 2.39. The third-order valence-electron chi connectivity index (χ3n) is 7.79. The maximum atomic E-state index is 13.6. The Morgan fingerprint density at radius 2 is 2.00 bits per heavy atom. The predicted molar refractivity (Wildman–Crippen MR) is 138 cm³/mol. The molecular formula is C25H29N7O3S. The van der Waals surface area contributed by atoms with Crippen molar-refractivity contribution in [3.05, 3.63) is 44.9 Å². The van der Waals surface area contributed by atoms with Gasteiger partial charge < -0.3 is 20.4 Å². The van der Waals surface area contributed by atoms with Gasteiger partial charge in [-0.15, -0.1) is 11.3 Å². The second-order valence-corrected chi connectivity index (χ2v) is 11.3. The summed E-state index contributed by atoms with van der Waals surface area (Å²) in [5.41, 5.74) is 0.627. The third-order valence-corrected chi connectivity index (χ3v) is 8.82. The van der Waals surface area contributed by atoms with Crippen LogP contribution < -0.4 is 16.2 Å². The Morgan fingerprint density at radius 1 is 1.22 bits per heavy atom. The predicted octanol–water partition coefficient (Wildman–Crippen LogP) is 2.65. The number of likely N-dealkylation sites (N-methyl/N-ethyl adjacent to an activating group) is 1. The molecule has 5 heterocycles. The van der Waals surface area contributed by atoms with E-state index in [0.717, 1.165) is 44.2 Å². The molecule has 0 bridgehead atoms. The van der Waals surface area contributed by atoms with E-state index in [0.29, 0.717) is 44.9 Å². The number of anilines is 2. The van der Waals surface area contributed by atoms with Crippen LogP contribution in [0.2, 0.25) is 0 Å². The molecule has 1 saturated heterocycles. The van der Waals surface area contributed by atoms with Crippen LogP contribution in [0.25, 0.3) is 10.2 Å². The van der Waals surface area contributed by atoms with Gasteiger partial charge in [-0.1, -0.05) is 0 Å². The van der Waals surface area contributed by atoms with E-state index >= 15 is 0 Å². The van der Waals surface area contributed by atoms with Crippen molar-refractivity contribution >= 4 is 44.9 Å². The number of carbonyl (C=O) groups is 2. The zero-order chi connectivity index (χ0) is 25.2. The molecule has 2 amide bonds. The Hall–Kier alpha value is -3.31. The fourth-order valence-corrected chi connectivity index (χ4v) is 6.82. The molecule has 1 saturated carbocycles. The van der Waals surface area contributed by atoms with Gasteiger partial charge in [-0.3, -0.25) is 19.0 Å². The molecule has 3 aromatic heterocycles. The quantitative estimate of drug-likeness (QED) is 0.558. The number of amides is 2. The Balaban J connectivity index is 1.35. The van der Waals surface area contributed by atoms with Crippen molar-refractivity contribution in [2.75, 3.05) is 32.5 Å². The zero-order valence-corrected chi connectivity index (χ0v) is 21.4. The molecule has 0 aromatic carbocycles. The van der Waals surface area contributed by atoms with Gasteiger partial charge in [0.2, 0.25) is 0 Å². The van der Waals surface area contributed by atoms with Crippen LogP contribution in [0, 0.1) is 6.92 Å². The lowest BCUT2D eigenvalue weighted by Gasteiger charge is -2.26. The van der Waals surface area contributed by atoms with Gasteiger partial charge in [-0.25, -0.2) is 9.97 Å². The molecule has 2 aliphatic heterocycles. The van der Waals surface area contributed by atoms with Crippen LogP contribution in [-0.2, 0) is 5.66 Å². The summed E-state index contributed by atoms with van der Waals surface area (Å²) in [4.78, 5) is 53.7. The van der Waals surface area contributed by atoms with Crippen molar-refractivity contribution in [1.29, 1.82) is 0 Å². The molecule has 36 heavy (non-hydrogen) atoms. The lowest BCUT2D eigenvalue weighted by atomic mass is 10.1. The van der Waals surface area contributed by atoms with E-state index in [1.807, 2.05) is 32.0 Å². The monoisotopic (exact) mass is 507 g/mol. The Bertz CT molecular complexity index is 1450. The van der Waals surface area contributed by atoms with Gasteiger partial charge in [0.15, 0.2) is 0 Å². The summed E-state index contributed by atoms with van der Waals surface area (Å²) >= 11 is 1.34. The summed E-state index contributed by atoms with van der Waals surface area (Å²) in [5, 5.41) is 6.97. The molecule has 0 radical (unpaired) electrons. The van der Waals surface area contributed by atoms with Crippen molar-refractivity contribution in [3.63, 3.8) is 0 Å². The van der Waals surface area contributed by atoms with Gasteiger partial charge in [0.05, 0.1) is 10.3 Å². The molecular weight excluding hydrogens is 478 g/mol. The maximum absolute atomic E-state index is 13.6. The molecule has 3 aromatic rings. The topological polar surface area (TPSA) is 112 Å². The van der Waals surface area contributed by atoms with Crippen molar-refractivity contribution in [1.82, 2.24) is 29.7 Å². The molecule has 10 nitrogen and oxygen atoms in total. The summed E-state index contributed by atoms with van der Waals surface area (Å²) in [5.74, 6) is 0.272. The highest BCUT2D eigenvalue weighted by molar-refractivity contribution is 7.20. The minimum absolute atomic E-state index is 0.00509. The summed E-state index contributed by atoms with van der Waals surface area (Å²) in [7, 11) is 4.07. The van der Waals surface area contributed by atoms with Crippen molar-refractivity contribution in [3.8, 4) is 0 Å². The van der Waals surface area contributed by atoms with Gasteiger partial charge in [-0.05, 0) is 70.8 Å². The average Bonchev–Trinajstić information content (AvgIpc) is 3.63. The number of hydrogen-bond acceptors (Lipinski definition) is 8. The number of rotatable bonds is 4. The van der Waals surface area contributed by atoms with Crippen LogP contribution >= 0.6 is 11.3 Å². The molecule has 1 spiro atoms. The first-order chi connectivity index (χ1) is 17.3. The number of pyridine rings is 1. The Morgan fingerprint density at radius 3 is 2.72 bits per heavy atom. The average molecular weight is 508 g/mol. The van der Waals surface area contributed by atoms with Crippen LogP contribution in [0.3, 0.4) is 0 Å². The normalized spacial score (nSPS) is 20.5. The van der Waals surface area contributed by atoms with E-state index in [1.165, 1.54) is 17.7 Å². The van der Waals surface area contributed by atoms with Gasteiger partial charge >= 0.3 is 0 Å². The molecule has 2 fully saturated rings. The maximum Gasteiger partial charge on any atom is 0.276 e. The number of aryl methyl sites for hydroxylation is 1. The number of hydrogen-bond donors (Lipinski definition) is 2. The Kier molecular flexibility index (Phi) is 5.38. The summed E-state index contributed by atoms with van der Waals surface area (Å²) in [6.45, 7) is 3.28. The second kappa shape index (κ2) is 8.38. The molecule has 1 atom stereocenters. The summed E-state index contributed by atoms with van der Waals surface area (Å²) < 4.78 is 1.65. The van der Waals surface area contributed by atoms with E-state index in [4.69, 9.17) is 0 Å². The molecule has 2 N–H and O–H groups in total. The van der Waals surface area contributed by atoms with Gasteiger partial charge in [-0.2, -0.15) is 0 Å². The Labute approximate surface area is 212 Å². The van der Waals surface area contributed by atoms with E-state index in [1.54, 1.807) is 10.6 Å². The molecule has 11 heteroatoms. The molecule has 0 unspecified atom stereocenters. The zero-order valence-electron chi connectivity index (χ0n) is 20.6. The smallest absolute Gasteiger partial charge is 0.276 e. The van der Waals surface area contributed by atoms with E-state index in [2.05, 4.69) is 25.5 Å². The minimum atomic E-state index is -0.644. The van der Waals surface area contributed by atoms with Gasteiger partial charge in [0, 0.05) is 19.1 Å². The highest BCUT2D eigenvalue weighted by Gasteiger charge is 2.46. The van der Waals surface area contributed by atoms with E-state index < -0.39 is 5.66 Å². The molecule has 1 aliphatic carbocycles. The number of aromatic nitrogens is 3. The van der Waals surface area contributed by atoms with Crippen LogP contribution in [0.15, 0.2) is 23.3 Å². The SMILES string of the molecule is Cc1cc(Nc2ncnc3sc(C(=O)N4CC[C@@H](N(C)C)C4)cc23)c(=O)n2c1C(=O)NC21CCCC1. The fourth-order valence-electron chi connectivity index (χ4n) is 5.85. The van der Waals surface area contributed by atoms with Crippen molar-refractivity contribution < 1.29 is 9.59 Å². The minimum Gasteiger partial charge on any atom is -0.336 e. The van der Waals surface area contributed by atoms with Crippen LogP contribution in [0.1, 0.15) is 57.8 Å². The molecule has 188 valence electrons. The number of fused-ring (bicyclic) bond motifs is 3. The first kappa shape index (κ1) is 23.1. The van der Waals surface area contributed by atoms with Gasteiger partial charge in [0.1, 0.15) is 34.0 Å². The molecule has 3 aliphatic rings. The lowest BCUT2D eigenvalue weighted by molar-refractivity contribution is 0.0787. The van der Waals surface area contributed by atoms with E-state index in [9.17, 15) is 14.4 Å². The van der Waals surface area contributed by atoms with Crippen molar-refractivity contribution in [2.45, 2.75) is 50.7 Å².